The van der Waals surface area contributed by atoms with Crippen LogP contribution in [0.3, 0.4) is 0 Å². The number of allylic oxidation sites excluding steroid dienone is 3. The Bertz CT molecular complexity index is 279. The van der Waals surface area contributed by atoms with E-state index in [4.69, 9.17) is 0 Å². The van der Waals surface area contributed by atoms with Gasteiger partial charge in [0.05, 0.1) is 0 Å². The molecule has 0 saturated carbocycles. The van der Waals surface area contributed by atoms with E-state index < -0.39 is 0 Å². The first-order valence-corrected chi connectivity index (χ1v) is 3.46. The largest absolute Gasteiger partial charge is 0.361 e. The van der Waals surface area contributed by atoms with Gasteiger partial charge in [0.2, 0.25) is 0 Å². The van der Waals surface area contributed by atoms with Crippen molar-refractivity contribution in [3.8, 4) is 0 Å². The number of fused-ring (bicyclic) bond motifs is 1. The van der Waals surface area contributed by atoms with Gasteiger partial charge in [-0.1, -0.05) is 18.2 Å². The molecule has 1 heterocycles. The molecular formula is C9H9N. The molecular weight excluding hydrogens is 122 g/mol. The number of H-pyrrole nitrogens is 1. The van der Waals surface area contributed by atoms with Crippen LogP contribution in [0.1, 0.15) is 11.3 Å². The summed E-state index contributed by atoms with van der Waals surface area (Å²) in [7, 11) is 0. The highest BCUT2D eigenvalue weighted by Gasteiger charge is 1.98. The molecule has 0 aliphatic heterocycles. The zero-order valence-corrected chi connectivity index (χ0v) is 5.67. The lowest BCUT2D eigenvalue weighted by Gasteiger charge is -1.90. The van der Waals surface area contributed by atoms with Crippen molar-refractivity contribution >= 4 is 6.08 Å². The molecule has 1 aromatic heterocycles. The van der Waals surface area contributed by atoms with E-state index in [2.05, 4.69) is 35.4 Å². The first kappa shape index (κ1) is 5.54. The van der Waals surface area contributed by atoms with Crippen molar-refractivity contribution in [2.45, 2.75) is 6.42 Å². The van der Waals surface area contributed by atoms with Crippen LogP contribution in [0.5, 0.6) is 0 Å². The molecule has 0 spiro atoms. The normalized spacial score (nSPS) is 14.8. The van der Waals surface area contributed by atoms with E-state index in [1.54, 1.807) is 0 Å². The summed E-state index contributed by atoms with van der Waals surface area (Å²) in [4.78, 5) is 3.17. The lowest BCUT2D eigenvalue weighted by Crippen LogP contribution is -1.78. The number of hydrogen-bond acceptors (Lipinski definition) is 0. The topological polar surface area (TPSA) is 15.8 Å². The van der Waals surface area contributed by atoms with Crippen molar-refractivity contribution < 1.29 is 0 Å². The van der Waals surface area contributed by atoms with Crippen molar-refractivity contribution in [2.75, 3.05) is 0 Å². The molecule has 0 amide bonds. The molecule has 0 fully saturated rings. The van der Waals surface area contributed by atoms with Crippen LogP contribution in [0.15, 0.2) is 30.5 Å². The van der Waals surface area contributed by atoms with Gasteiger partial charge in [-0.05, 0) is 24.1 Å². The lowest BCUT2D eigenvalue weighted by atomic mass is 10.2. The number of rotatable bonds is 0. The van der Waals surface area contributed by atoms with E-state index in [1.165, 1.54) is 11.3 Å². The Balaban J connectivity index is 2.50. The third kappa shape index (κ3) is 0.798. The smallest absolute Gasteiger partial charge is 0.0416 e. The summed E-state index contributed by atoms with van der Waals surface area (Å²) in [5, 5.41) is 0. The number of hydrogen-bond donors (Lipinski definition) is 1. The summed E-state index contributed by atoms with van der Waals surface area (Å²) in [6.07, 6.45) is 11.4. The Morgan fingerprint density at radius 3 is 3.30 bits per heavy atom. The molecule has 1 aromatic rings. The molecule has 1 N–H and O–H groups in total. The molecule has 2 rings (SSSR count). The van der Waals surface area contributed by atoms with E-state index in [-0.39, 0.29) is 0 Å². The van der Waals surface area contributed by atoms with Crippen LogP contribution in [-0.4, -0.2) is 4.98 Å². The van der Waals surface area contributed by atoms with Gasteiger partial charge in [0.1, 0.15) is 0 Å². The SMILES string of the molecule is C1=CCc2cc[nH]c2C=C1. The van der Waals surface area contributed by atoms with E-state index in [1.807, 2.05) is 6.20 Å². The van der Waals surface area contributed by atoms with Gasteiger partial charge in [0.15, 0.2) is 0 Å². The molecule has 0 bridgehead atoms. The van der Waals surface area contributed by atoms with Gasteiger partial charge in [0, 0.05) is 11.9 Å². The number of aromatic amines is 1. The summed E-state index contributed by atoms with van der Waals surface area (Å²) < 4.78 is 0. The predicted molar refractivity (Wildman–Crippen MR) is 42.7 cm³/mol. The molecule has 0 atom stereocenters. The molecule has 0 unspecified atom stereocenters. The maximum absolute atomic E-state index is 3.17. The fourth-order valence-electron chi connectivity index (χ4n) is 1.17. The zero-order chi connectivity index (χ0) is 6.81. The van der Waals surface area contributed by atoms with Gasteiger partial charge < -0.3 is 4.98 Å². The van der Waals surface area contributed by atoms with Crippen LogP contribution in [0.2, 0.25) is 0 Å². The summed E-state index contributed by atoms with van der Waals surface area (Å²) in [5.41, 5.74) is 2.62. The molecule has 50 valence electrons. The van der Waals surface area contributed by atoms with Crippen LogP contribution in [0.25, 0.3) is 6.08 Å². The second kappa shape index (κ2) is 2.18. The minimum absolute atomic E-state index is 1.05. The average molecular weight is 131 g/mol. The maximum Gasteiger partial charge on any atom is 0.0416 e. The van der Waals surface area contributed by atoms with Gasteiger partial charge in [-0.15, -0.1) is 0 Å². The Morgan fingerprint density at radius 1 is 1.30 bits per heavy atom. The summed E-state index contributed by atoms with van der Waals surface area (Å²) >= 11 is 0. The van der Waals surface area contributed by atoms with Gasteiger partial charge in [-0.3, -0.25) is 0 Å². The Labute approximate surface area is 60.1 Å². The monoisotopic (exact) mass is 131 g/mol. The second-order valence-electron chi connectivity index (χ2n) is 2.41. The minimum Gasteiger partial charge on any atom is -0.361 e. The minimum atomic E-state index is 1.05. The molecule has 1 heteroatoms. The van der Waals surface area contributed by atoms with E-state index in [0.717, 1.165) is 6.42 Å². The first-order chi connectivity index (χ1) is 4.97. The van der Waals surface area contributed by atoms with Crippen LogP contribution in [-0.2, 0) is 6.42 Å². The highest BCUT2D eigenvalue weighted by Crippen LogP contribution is 2.12. The molecule has 0 aromatic carbocycles. The predicted octanol–water partition coefficient (Wildman–Crippen LogP) is 2.14. The third-order valence-electron chi connectivity index (χ3n) is 1.72. The summed E-state index contributed by atoms with van der Waals surface area (Å²) in [6, 6.07) is 2.12. The molecule has 10 heavy (non-hydrogen) atoms. The lowest BCUT2D eigenvalue weighted by molar-refractivity contribution is 1.26. The summed E-state index contributed by atoms with van der Waals surface area (Å²) in [6.45, 7) is 0. The molecule has 1 nitrogen and oxygen atoms in total. The van der Waals surface area contributed by atoms with Crippen LogP contribution in [0.4, 0.5) is 0 Å². The van der Waals surface area contributed by atoms with Crippen molar-refractivity contribution in [3.05, 3.63) is 41.7 Å². The van der Waals surface area contributed by atoms with Crippen molar-refractivity contribution in [3.63, 3.8) is 0 Å². The van der Waals surface area contributed by atoms with Gasteiger partial charge in [-0.2, -0.15) is 0 Å². The molecule has 1 aliphatic carbocycles. The average Bonchev–Trinajstić information content (AvgIpc) is 2.28. The van der Waals surface area contributed by atoms with Crippen molar-refractivity contribution in [2.24, 2.45) is 0 Å². The fourth-order valence-corrected chi connectivity index (χ4v) is 1.17. The molecule has 1 aliphatic rings. The number of nitrogens with one attached hydrogen (secondary N) is 1. The summed E-state index contributed by atoms with van der Waals surface area (Å²) in [5.74, 6) is 0. The van der Waals surface area contributed by atoms with E-state index >= 15 is 0 Å². The van der Waals surface area contributed by atoms with Crippen LogP contribution < -0.4 is 0 Å². The van der Waals surface area contributed by atoms with Gasteiger partial charge >= 0.3 is 0 Å². The molecule has 0 saturated heterocycles. The Morgan fingerprint density at radius 2 is 2.30 bits per heavy atom. The Hall–Kier alpha value is -1.24. The van der Waals surface area contributed by atoms with Crippen molar-refractivity contribution in [1.82, 2.24) is 4.98 Å². The first-order valence-electron chi connectivity index (χ1n) is 3.46. The zero-order valence-electron chi connectivity index (χ0n) is 5.67. The standard InChI is InChI=1S/C9H9N/c1-2-4-8-6-7-10-9(8)5-3-1/h1-3,5-7,10H,4H2. The van der Waals surface area contributed by atoms with Gasteiger partial charge in [0.25, 0.3) is 0 Å². The number of aromatic nitrogens is 1. The Kier molecular flexibility index (Phi) is 1.21. The highest BCUT2D eigenvalue weighted by atomic mass is 14.7. The fraction of sp³-hybridized carbons (Fsp3) is 0.111. The van der Waals surface area contributed by atoms with E-state index in [0.29, 0.717) is 0 Å². The highest BCUT2D eigenvalue weighted by molar-refractivity contribution is 5.53. The second-order valence-corrected chi connectivity index (χ2v) is 2.41. The van der Waals surface area contributed by atoms with Gasteiger partial charge in [-0.25, -0.2) is 0 Å². The van der Waals surface area contributed by atoms with E-state index in [9.17, 15) is 0 Å². The van der Waals surface area contributed by atoms with Crippen LogP contribution >= 0.6 is 0 Å². The third-order valence-corrected chi connectivity index (χ3v) is 1.72. The maximum atomic E-state index is 3.17. The molecule has 0 radical (unpaired) electrons. The van der Waals surface area contributed by atoms with Crippen LogP contribution in [0, 0.1) is 0 Å². The van der Waals surface area contributed by atoms with Crippen molar-refractivity contribution in [1.29, 1.82) is 0 Å². The quantitative estimate of drug-likeness (QED) is 0.555.